The predicted molar refractivity (Wildman–Crippen MR) is 107 cm³/mol. The summed E-state index contributed by atoms with van der Waals surface area (Å²) in [5.74, 6) is 1.50. The van der Waals surface area contributed by atoms with Gasteiger partial charge in [0, 0.05) is 6.54 Å². The van der Waals surface area contributed by atoms with Gasteiger partial charge in [-0.05, 0) is 49.6 Å². The lowest BCUT2D eigenvalue weighted by molar-refractivity contribution is 0.0617. The largest absolute Gasteiger partial charge is 0.497 e. The highest BCUT2D eigenvalue weighted by molar-refractivity contribution is 5.79. The van der Waals surface area contributed by atoms with Crippen molar-refractivity contribution in [2.75, 3.05) is 20.2 Å². The second kappa shape index (κ2) is 9.25. The number of aryl methyl sites for hydroxylation is 1. The van der Waals surface area contributed by atoms with Gasteiger partial charge in [0.05, 0.1) is 20.2 Å². The average Bonchev–Trinajstić information content (AvgIpc) is 2.64. The highest BCUT2D eigenvalue weighted by atomic mass is 16.5. The van der Waals surface area contributed by atoms with E-state index in [0.717, 1.165) is 29.0 Å². The van der Waals surface area contributed by atoms with Gasteiger partial charge in [-0.2, -0.15) is 0 Å². The first-order chi connectivity index (χ1) is 12.4. The molecule has 0 radical (unpaired) electrons. The highest BCUT2D eigenvalue weighted by Crippen LogP contribution is 2.19. The second-order valence-electron chi connectivity index (χ2n) is 6.55. The maximum atomic E-state index is 10.7. The summed E-state index contributed by atoms with van der Waals surface area (Å²) in [5.41, 5.74) is 2.10. The van der Waals surface area contributed by atoms with Crippen molar-refractivity contribution in [1.82, 2.24) is 10.6 Å². The van der Waals surface area contributed by atoms with Crippen molar-refractivity contribution in [1.29, 1.82) is 0 Å². The van der Waals surface area contributed by atoms with E-state index in [1.807, 2.05) is 56.3 Å². The van der Waals surface area contributed by atoms with Crippen LogP contribution in [0.1, 0.15) is 30.5 Å². The van der Waals surface area contributed by atoms with Gasteiger partial charge in [-0.25, -0.2) is 4.99 Å². The fourth-order valence-electron chi connectivity index (χ4n) is 2.70. The molecule has 140 valence electrons. The number of aliphatic imine (C=N–C) groups is 1. The molecule has 26 heavy (non-hydrogen) atoms. The van der Waals surface area contributed by atoms with Crippen LogP contribution in [-0.4, -0.2) is 31.3 Å². The van der Waals surface area contributed by atoms with Crippen molar-refractivity contribution in [3.05, 3.63) is 65.2 Å². The zero-order chi connectivity index (χ0) is 19.0. The zero-order valence-electron chi connectivity index (χ0n) is 16.0. The Morgan fingerprint density at radius 1 is 1.15 bits per heavy atom. The second-order valence-corrected chi connectivity index (χ2v) is 6.55. The summed E-state index contributed by atoms with van der Waals surface area (Å²) in [6.45, 7) is 7.49. The number of nitrogens with zero attached hydrogens (tertiary/aromatic N) is 1. The van der Waals surface area contributed by atoms with Gasteiger partial charge in [-0.1, -0.05) is 36.4 Å². The molecule has 0 saturated heterocycles. The van der Waals surface area contributed by atoms with Crippen LogP contribution in [0.3, 0.4) is 0 Å². The SMILES string of the molecule is CCNC(=NCc1cc(C)cc(OC)c1)NCC(C)(O)c1ccccc1. The standard InChI is InChI=1S/C21H29N3O2/c1-5-22-20(23-14-17-11-16(2)12-19(13-17)26-4)24-15-21(3,25)18-9-7-6-8-10-18/h6-13,25H,5,14-15H2,1-4H3,(H2,22,23,24). The number of hydrogen-bond acceptors (Lipinski definition) is 3. The van der Waals surface area contributed by atoms with Crippen LogP contribution in [0.2, 0.25) is 0 Å². The molecule has 5 nitrogen and oxygen atoms in total. The van der Waals surface area contributed by atoms with Crippen LogP contribution in [0, 0.1) is 6.92 Å². The molecule has 1 atom stereocenters. The molecule has 0 aliphatic rings. The Bertz CT molecular complexity index is 727. The molecule has 1 unspecified atom stereocenters. The predicted octanol–water partition coefficient (Wildman–Crippen LogP) is 2.97. The fraction of sp³-hybridized carbons (Fsp3) is 0.381. The van der Waals surface area contributed by atoms with Crippen molar-refractivity contribution in [2.24, 2.45) is 4.99 Å². The minimum absolute atomic E-state index is 0.361. The fourth-order valence-corrected chi connectivity index (χ4v) is 2.70. The third-order valence-electron chi connectivity index (χ3n) is 4.11. The molecule has 0 amide bonds. The Balaban J connectivity index is 2.06. The smallest absolute Gasteiger partial charge is 0.191 e. The molecule has 0 heterocycles. The van der Waals surface area contributed by atoms with E-state index in [9.17, 15) is 5.11 Å². The normalized spacial score (nSPS) is 13.8. The average molecular weight is 355 g/mol. The van der Waals surface area contributed by atoms with Gasteiger partial charge >= 0.3 is 0 Å². The van der Waals surface area contributed by atoms with Crippen LogP contribution in [0.25, 0.3) is 0 Å². The van der Waals surface area contributed by atoms with Gasteiger partial charge in [0.2, 0.25) is 0 Å². The monoisotopic (exact) mass is 355 g/mol. The number of hydrogen-bond donors (Lipinski definition) is 3. The van der Waals surface area contributed by atoms with Crippen LogP contribution < -0.4 is 15.4 Å². The molecular weight excluding hydrogens is 326 g/mol. The number of aliphatic hydroxyl groups is 1. The van der Waals surface area contributed by atoms with E-state index in [1.54, 1.807) is 14.0 Å². The molecule has 0 aliphatic heterocycles. The number of methoxy groups -OCH3 is 1. The van der Waals surface area contributed by atoms with Gasteiger partial charge in [0.15, 0.2) is 5.96 Å². The van der Waals surface area contributed by atoms with E-state index in [0.29, 0.717) is 19.0 Å². The van der Waals surface area contributed by atoms with Crippen molar-refractivity contribution >= 4 is 5.96 Å². The number of rotatable bonds is 7. The molecule has 3 N–H and O–H groups in total. The van der Waals surface area contributed by atoms with E-state index < -0.39 is 5.60 Å². The van der Waals surface area contributed by atoms with E-state index >= 15 is 0 Å². The van der Waals surface area contributed by atoms with Crippen molar-refractivity contribution < 1.29 is 9.84 Å². The molecule has 2 aromatic carbocycles. The molecular formula is C21H29N3O2. The van der Waals surface area contributed by atoms with Crippen LogP contribution in [0.4, 0.5) is 0 Å². The van der Waals surface area contributed by atoms with E-state index in [1.165, 1.54) is 0 Å². The molecule has 0 aliphatic carbocycles. The first-order valence-electron chi connectivity index (χ1n) is 8.89. The van der Waals surface area contributed by atoms with Gasteiger partial charge in [0.1, 0.15) is 11.4 Å². The number of guanidine groups is 1. The molecule has 0 fully saturated rings. The summed E-state index contributed by atoms with van der Waals surface area (Å²) in [5, 5.41) is 17.2. The maximum absolute atomic E-state index is 10.7. The lowest BCUT2D eigenvalue weighted by Gasteiger charge is -2.25. The van der Waals surface area contributed by atoms with Crippen molar-refractivity contribution in [3.63, 3.8) is 0 Å². The van der Waals surface area contributed by atoms with Gasteiger partial charge in [0.25, 0.3) is 0 Å². The molecule has 0 bridgehead atoms. The summed E-state index contributed by atoms with van der Waals surface area (Å²) in [7, 11) is 1.67. The Labute approximate surface area is 156 Å². The molecule has 0 aromatic heterocycles. The van der Waals surface area contributed by atoms with Crippen LogP contribution >= 0.6 is 0 Å². The lowest BCUT2D eigenvalue weighted by Crippen LogP contribution is -2.44. The third kappa shape index (κ3) is 5.77. The summed E-state index contributed by atoms with van der Waals surface area (Å²) in [4.78, 5) is 4.62. The molecule has 5 heteroatoms. The summed E-state index contributed by atoms with van der Waals surface area (Å²) >= 11 is 0. The maximum Gasteiger partial charge on any atom is 0.191 e. The summed E-state index contributed by atoms with van der Waals surface area (Å²) < 4.78 is 5.32. The Morgan fingerprint density at radius 2 is 1.88 bits per heavy atom. The minimum atomic E-state index is -0.982. The number of benzene rings is 2. The van der Waals surface area contributed by atoms with Crippen molar-refractivity contribution in [3.8, 4) is 5.75 Å². The number of nitrogens with one attached hydrogen (secondary N) is 2. The Kier molecular flexibility index (Phi) is 7.04. The van der Waals surface area contributed by atoms with Crippen LogP contribution in [0.5, 0.6) is 5.75 Å². The van der Waals surface area contributed by atoms with Crippen LogP contribution in [0.15, 0.2) is 53.5 Å². The molecule has 0 saturated carbocycles. The van der Waals surface area contributed by atoms with Gasteiger partial charge in [-0.15, -0.1) is 0 Å². The highest BCUT2D eigenvalue weighted by Gasteiger charge is 2.22. The van der Waals surface area contributed by atoms with E-state index in [2.05, 4.69) is 21.7 Å². The third-order valence-corrected chi connectivity index (χ3v) is 4.11. The summed E-state index contributed by atoms with van der Waals surface area (Å²) in [6.07, 6.45) is 0. The minimum Gasteiger partial charge on any atom is -0.497 e. The zero-order valence-corrected chi connectivity index (χ0v) is 16.0. The quantitative estimate of drug-likeness (QED) is 0.528. The first-order valence-corrected chi connectivity index (χ1v) is 8.89. The summed E-state index contributed by atoms with van der Waals surface area (Å²) in [6, 6.07) is 15.7. The van der Waals surface area contributed by atoms with Crippen LogP contribution in [-0.2, 0) is 12.1 Å². The van der Waals surface area contributed by atoms with E-state index in [4.69, 9.17) is 4.74 Å². The molecule has 2 aromatic rings. The molecule has 0 spiro atoms. The van der Waals surface area contributed by atoms with Gasteiger partial charge < -0.3 is 20.5 Å². The van der Waals surface area contributed by atoms with Gasteiger partial charge in [-0.3, -0.25) is 0 Å². The lowest BCUT2D eigenvalue weighted by atomic mass is 9.96. The Morgan fingerprint density at radius 3 is 2.54 bits per heavy atom. The van der Waals surface area contributed by atoms with E-state index in [-0.39, 0.29) is 0 Å². The van der Waals surface area contributed by atoms with Crippen molar-refractivity contribution in [2.45, 2.75) is 32.9 Å². The molecule has 2 rings (SSSR count). The Hall–Kier alpha value is -2.53. The first kappa shape index (κ1) is 19.8. The topological polar surface area (TPSA) is 65.9 Å². The number of ether oxygens (including phenoxy) is 1.